The molecule has 2 rings (SSSR count). The molecule has 0 N–H and O–H groups in total. The predicted molar refractivity (Wildman–Crippen MR) is 55.9 cm³/mol. The van der Waals surface area contributed by atoms with Crippen LogP contribution in [0.15, 0.2) is 18.2 Å². The summed E-state index contributed by atoms with van der Waals surface area (Å²) in [6.45, 7) is 2.17. The molecule has 0 unspecified atom stereocenters. The minimum Gasteiger partial charge on any atom is -0.299 e. The SMILES string of the molecule is Fc1cc(C(F)(F)F)ccc1CN1CCCC1. The van der Waals surface area contributed by atoms with Gasteiger partial charge in [0.05, 0.1) is 5.56 Å². The van der Waals surface area contributed by atoms with Crippen molar-refractivity contribution >= 4 is 0 Å². The first-order chi connectivity index (χ1) is 7.97. The van der Waals surface area contributed by atoms with Crippen LogP contribution in [-0.2, 0) is 12.7 Å². The number of likely N-dealkylation sites (tertiary alicyclic amines) is 1. The molecule has 0 aliphatic carbocycles. The third-order valence-electron chi connectivity index (χ3n) is 2.97. The van der Waals surface area contributed by atoms with Crippen molar-refractivity contribution in [3.05, 3.63) is 35.1 Å². The summed E-state index contributed by atoms with van der Waals surface area (Å²) in [5.41, 5.74) is -0.597. The lowest BCUT2D eigenvalue weighted by atomic mass is 10.1. The number of hydrogen-bond acceptors (Lipinski definition) is 1. The molecular weight excluding hydrogens is 234 g/mol. The first kappa shape index (κ1) is 12.4. The number of alkyl halides is 3. The highest BCUT2D eigenvalue weighted by Crippen LogP contribution is 2.30. The quantitative estimate of drug-likeness (QED) is 0.723. The maximum absolute atomic E-state index is 13.5. The van der Waals surface area contributed by atoms with Crippen molar-refractivity contribution in [2.75, 3.05) is 13.1 Å². The molecule has 0 saturated carbocycles. The normalized spacial score (nSPS) is 17.6. The van der Waals surface area contributed by atoms with Crippen molar-refractivity contribution in [1.82, 2.24) is 4.90 Å². The minimum atomic E-state index is -4.48. The lowest BCUT2D eigenvalue weighted by Gasteiger charge is -2.16. The Morgan fingerprint density at radius 3 is 2.29 bits per heavy atom. The summed E-state index contributed by atoms with van der Waals surface area (Å²) < 4.78 is 50.5. The van der Waals surface area contributed by atoms with Gasteiger partial charge in [0.2, 0.25) is 0 Å². The monoisotopic (exact) mass is 247 g/mol. The van der Waals surface area contributed by atoms with Gasteiger partial charge in [0.1, 0.15) is 5.82 Å². The molecule has 0 bridgehead atoms. The second kappa shape index (κ2) is 4.64. The first-order valence-electron chi connectivity index (χ1n) is 5.55. The third kappa shape index (κ3) is 2.97. The second-order valence-electron chi connectivity index (χ2n) is 4.29. The summed E-state index contributed by atoms with van der Waals surface area (Å²) in [7, 11) is 0. The van der Waals surface area contributed by atoms with Crippen LogP contribution in [0.5, 0.6) is 0 Å². The smallest absolute Gasteiger partial charge is 0.299 e. The van der Waals surface area contributed by atoms with E-state index >= 15 is 0 Å². The molecule has 5 heteroatoms. The van der Waals surface area contributed by atoms with Crippen LogP contribution in [-0.4, -0.2) is 18.0 Å². The molecule has 17 heavy (non-hydrogen) atoms. The van der Waals surface area contributed by atoms with Crippen LogP contribution in [0.25, 0.3) is 0 Å². The molecule has 0 radical (unpaired) electrons. The lowest BCUT2D eigenvalue weighted by molar-refractivity contribution is -0.137. The average molecular weight is 247 g/mol. The third-order valence-corrected chi connectivity index (χ3v) is 2.97. The van der Waals surface area contributed by atoms with E-state index in [0.29, 0.717) is 18.2 Å². The summed E-state index contributed by atoms with van der Waals surface area (Å²) in [6, 6.07) is 2.75. The highest BCUT2D eigenvalue weighted by Gasteiger charge is 2.31. The first-order valence-corrected chi connectivity index (χ1v) is 5.55. The number of rotatable bonds is 2. The van der Waals surface area contributed by atoms with Crippen molar-refractivity contribution in [3.8, 4) is 0 Å². The molecule has 1 aromatic carbocycles. The molecule has 1 saturated heterocycles. The Balaban J connectivity index is 2.14. The van der Waals surface area contributed by atoms with Crippen LogP contribution in [0.4, 0.5) is 17.6 Å². The van der Waals surface area contributed by atoms with E-state index in [1.165, 1.54) is 6.07 Å². The zero-order valence-corrected chi connectivity index (χ0v) is 9.23. The van der Waals surface area contributed by atoms with Crippen molar-refractivity contribution in [1.29, 1.82) is 0 Å². The molecule has 94 valence electrons. The zero-order chi connectivity index (χ0) is 12.5. The Morgan fingerprint density at radius 2 is 1.76 bits per heavy atom. The molecule has 0 aromatic heterocycles. The molecule has 1 aliphatic rings. The highest BCUT2D eigenvalue weighted by molar-refractivity contribution is 5.26. The van der Waals surface area contributed by atoms with Crippen molar-refractivity contribution in [2.24, 2.45) is 0 Å². The standard InChI is InChI=1S/C12H13F4N/c13-11-7-10(12(14,15)16)4-3-9(11)8-17-5-1-2-6-17/h3-4,7H,1-2,5-6,8H2. The molecule has 0 atom stereocenters. The summed E-state index contributed by atoms with van der Waals surface area (Å²) >= 11 is 0. The molecule has 0 amide bonds. The largest absolute Gasteiger partial charge is 0.416 e. The van der Waals surface area contributed by atoms with Gasteiger partial charge in [-0.25, -0.2) is 4.39 Å². The van der Waals surface area contributed by atoms with E-state index in [-0.39, 0.29) is 0 Å². The van der Waals surface area contributed by atoms with Gasteiger partial charge in [0.15, 0.2) is 0 Å². The van der Waals surface area contributed by atoms with E-state index in [1.54, 1.807) is 0 Å². The van der Waals surface area contributed by atoms with Crippen LogP contribution in [0.3, 0.4) is 0 Å². The number of nitrogens with zero attached hydrogens (tertiary/aromatic N) is 1. The average Bonchev–Trinajstić information content (AvgIpc) is 2.72. The summed E-state index contributed by atoms with van der Waals surface area (Å²) in [5, 5.41) is 0. The van der Waals surface area contributed by atoms with Gasteiger partial charge in [-0.3, -0.25) is 4.90 Å². The Kier molecular flexibility index (Phi) is 3.38. The number of hydrogen-bond donors (Lipinski definition) is 0. The van der Waals surface area contributed by atoms with E-state index < -0.39 is 17.6 Å². The summed E-state index contributed by atoms with van der Waals surface area (Å²) in [5.74, 6) is -0.772. The summed E-state index contributed by atoms with van der Waals surface area (Å²) in [4.78, 5) is 2.05. The van der Waals surface area contributed by atoms with E-state index in [2.05, 4.69) is 0 Å². The Labute approximate surface area is 97.0 Å². The van der Waals surface area contributed by atoms with Gasteiger partial charge >= 0.3 is 6.18 Å². The van der Waals surface area contributed by atoms with Crippen molar-refractivity contribution in [2.45, 2.75) is 25.6 Å². The molecule has 1 aromatic rings. The van der Waals surface area contributed by atoms with Crippen LogP contribution in [0.2, 0.25) is 0 Å². The van der Waals surface area contributed by atoms with E-state index in [4.69, 9.17) is 0 Å². The van der Waals surface area contributed by atoms with Crippen molar-refractivity contribution < 1.29 is 17.6 Å². The molecular formula is C12H13F4N. The topological polar surface area (TPSA) is 3.24 Å². The molecule has 1 aliphatic heterocycles. The predicted octanol–water partition coefficient (Wildman–Crippen LogP) is 3.44. The van der Waals surface area contributed by atoms with Gasteiger partial charge in [0, 0.05) is 12.1 Å². The fraction of sp³-hybridized carbons (Fsp3) is 0.500. The van der Waals surface area contributed by atoms with E-state index in [9.17, 15) is 17.6 Å². The fourth-order valence-corrected chi connectivity index (χ4v) is 2.03. The second-order valence-corrected chi connectivity index (χ2v) is 4.29. The summed E-state index contributed by atoms with van der Waals surface area (Å²) in [6.07, 6.45) is -2.34. The number of benzene rings is 1. The zero-order valence-electron chi connectivity index (χ0n) is 9.23. The van der Waals surface area contributed by atoms with E-state index in [0.717, 1.165) is 32.0 Å². The van der Waals surface area contributed by atoms with Crippen molar-refractivity contribution in [3.63, 3.8) is 0 Å². The van der Waals surface area contributed by atoms with Crippen LogP contribution in [0.1, 0.15) is 24.0 Å². The lowest BCUT2D eigenvalue weighted by Crippen LogP contribution is -2.19. The number of halogens is 4. The highest BCUT2D eigenvalue weighted by atomic mass is 19.4. The maximum Gasteiger partial charge on any atom is 0.416 e. The van der Waals surface area contributed by atoms with Gasteiger partial charge in [-0.15, -0.1) is 0 Å². The minimum absolute atomic E-state index is 0.333. The maximum atomic E-state index is 13.5. The van der Waals surface area contributed by atoms with Crippen LogP contribution in [0, 0.1) is 5.82 Å². The molecule has 0 spiro atoms. The molecule has 1 heterocycles. The Morgan fingerprint density at radius 1 is 1.12 bits per heavy atom. The van der Waals surface area contributed by atoms with Gasteiger partial charge in [-0.2, -0.15) is 13.2 Å². The van der Waals surface area contributed by atoms with Gasteiger partial charge in [0.25, 0.3) is 0 Å². The molecule has 1 fully saturated rings. The van der Waals surface area contributed by atoms with Crippen LogP contribution < -0.4 is 0 Å². The van der Waals surface area contributed by atoms with Gasteiger partial charge in [-0.1, -0.05) is 6.07 Å². The Bertz CT molecular complexity index is 394. The molecule has 1 nitrogen and oxygen atoms in total. The fourth-order valence-electron chi connectivity index (χ4n) is 2.03. The Hall–Kier alpha value is -1.10. The van der Waals surface area contributed by atoms with Gasteiger partial charge in [-0.05, 0) is 38.1 Å². The van der Waals surface area contributed by atoms with E-state index in [1.807, 2.05) is 4.90 Å². The van der Waals surface area contributed by atoms with Gasteiger partial charge < -0.3 is 0 Å². The van der Waals surface area contributed by atoms with Crippen LogP contribution >= 0.6 is 0 Å².